The Morgan fingerprint density at radius 1 is 1.26 bits per heavy atom. The molecule has 0 aliphatic rings. The van der Waals surface area contributed by atoms with Crippen LogP contribution in [0.25, 0.3) is 10.9 Å². The number of halogens is 1. The number of methoxy groups -OCH3 is 1. The van der Waals surface area contributed by atoms with Crippen LogP contribution in [0.1, 0.15) is 17.3 Å². The van der Waals surface area contributed by atoms with E-state index in [0.717, 1.165) is 7.11 Å². The Labute approximate surface area is 136 Å². The van der Waals surface area contributed by atoms with E-state index in [1.807, 2.05) is 5.32 Å². The molecule has 2 aromatic rings. The van der Waals surface area contributed by atoms with E-state index in [2.05, 4.69) is 9.72 Å². The monoisotopic (exact) mass is 336 g/mol. The molecule has 1 heterocycles. The molecule has 0 aliphatic carbocycles. The molecule has 120 valence electrons. The average Bonchev–Trinajstić information content (AvgIpc) is 2.53. The van der Waals surface area contributed by atoms with Gasteiger partial charge in [0, 0.05) is 5.39 Å². The number of nitrogens with zero attached hydrogens (tertiary/aromatic N) is 1. The summed E-state index contributed by atoms with van der Waals surface area (Å²) >= 11 is 5.90. The molecule has 0 saturated carbocycles. The Balaban J connectivity index is 2.21. The van der Waals surface area contributed by atoms with E-state index >= 15 is 0 Å². The second kappa shape index (κ2) is 7.06. The van der Waals surface area contributed by atoms with Crippen LogP contribution in [-0.4, -0.2) is 36.2 Å². The number of nitrogens with one attached hydrogen (secondary N) is 1. The lowest BCUT2D eigenvalue weighted by atomic mass is 10.1. The fraction of sp³-hybridized carbons (Fsp3) is 0.200. The van der Waals surface area contributed by atoms with E-state index in [9.17, 15) is 14.4 Å². The number of alkyl carbamates (subject to hydrolysis) is 1. The highest BCUT2D eigenvalue weighted by Crippen LogP contribution is 2.21. The standard InChI is InChI=1S/C15H13ClN2O5/c1-8(13(19)18-15(21)22-2)23-14(20)10-7-12(16)17-11-6-4-3-5-9(10)11/h3-8H,1-2H3,(H,18,19,21)/t8-/m0/s1. The van der Waals surface area contributed by atoms with Gasteiger partial charge in [-0.3, -0.25) is 10.1 Å². The molecule has 1 aromatic carbocycles. The summed E-state index contributed by atoms with van der Waals surface area (Å²) in [6.45, 7) is 1.33. The number of fused-ring (bicyclic) bond motifs is 1. The summed E-state index contributed by atoms with van der Waals surface area (Å²) in [7, 11) is 1.12. The van der Waals surface area contributed by atoms with Gasteiger partial charge >= 0.3 is 12.1 Å². The maximum Gasteiger partial charge on any atom is 0.413 e. The lowest BCUT2D eigenvalue weighted by Crippen LogP contribution is -2.39. The molecule has 8 heteroatoms. The molecule has 0 saturated heterocycles. The van der Waals surface area contributed by atoms with Crippen molar-refractivity contribution in [2.24, 2.45) is 0 Å². The third kappa shape index (κ3) is 3.95. The first-order valence-electron chi connectivity index (χ1n) is 6.57. The van der Waals surface area contributed by atoms with Crippen LogP contribution in [0, 0.1) is 0 Å². The van der Waals surface area contributed by atoms with Crippen molar-refractivity contribution in [3.8, 4) is 0 Å². The molecule has 0 radical (unpaired) electrons. The Hall–Kier alpha value is -2.67. The second-order valence-electron chi connectivity index (χ2n) is 4.54. The zero-order valence-electron chi connectivity index (χ0n) is 12.3. The number of rotatable bonds is 3. The van der Waals surface area contributed by atoms with Gasteiger partial charge in [0.15, 0.2) is 6.10 Å². The number of esters is 1. The smallest absolute Gasteiger partial charge is 0.413 e. The fourth-order valence-corrected chi connectivity index (χ4v) is 2.04. The molecular formula is C15H13ClN2O5. The molecule has 2 rings (SSSR count). The molecule has 0 bridgehead atoms. The van der Waals surface area contributed by atoms with Gasteiger partial charge in [0.2, 0.25) is 0 Å². The molecule has 0 fully saturated rings. The lowest BCUT2D eigenvalue weighted by molar-refractivity contribution is -0.128. The molecule has 0 aliphatic heterocycles. The van der Waals surface area contributed by atoms with E-state index in [0.29, 0.717) is 10.9 Å². The van der Waals surface area contributed by atoms with Crippen molar-refractivity contribution < 1.29 is 23.9 Å². The summed E-state index contributed by atoms with van der Waals surface area (Å²) in [5.74, 6) is -1.55. The molecule has 1 N–H and O–H groups in total. The van der Waals surface area contributed by atoms with E-state index < -0.39 is 24.1 Å². The molecule has 7 nitrogen and oxygen atoms in total. The van der Waals surface area contributed by atoms with Crippen LogP contribution in [0.2, 0.25) is 5.15 Å². The zero-order chi connectivity index (χ0) is 17.0. The Kier molecular flexibility index (Phi) is 5.13. The summed E-state index contributed by atoms with van der Waals surface area (Å²) < 4.78 is 9.36. The number of para-hydroxylation sites is 1. The largest absolute Gasteiger partial charge is 0.453 e. The van der Waals surface area contributed by atoms with Crippen LogP contribution >= 0.6 is 11.6 Å². The van der Waals surface area contributed by atoms with Crippen molar-refractivity contribution >= 4 is 40.5 Å². The predicted octanol–water partition coefficient (Wildman–Crippen LogP) is 2.32. The fourth-order valence-electron chi connectivity index (χ4n) is 1.84. The molecule has 1 atom stereocenters. The minimum Gasteiger partial charge on any atom is -0.453 e. The minimum absolute atomic E-state index is 0.127. The highest BCUT2D eigenvalue weighted by atomic mass is 35.5. The van der Waals surface area contributed by atoms with Gasteiger partial charge in [-0.1, -0.05) is 29.8 Å². The van der Waals surface area contributed by atoms with Gasteiger partial charge in [0.25, 0.3) is 5.91 Å². The van der Waals surface area contributed by atoms with E-state index in [1.165, 1.54) is 13.0 Å². The highest BCUT2D eigenvalue weighted by molar-refractivity contribution is 6.30. The first-order chi connectivity index (χ1) is 10.9. The molecule has 2 amide bonds. The van der Waals surface area contributed by atoms with Crippen molar-refractivity contribution in [2.75, 3.05) is 7.11 Å². The maximum atomic E-state index is 12.3. The Morgan fingerprint density at radius 3 is 2.65 bits per heavy atom. The summed E-state index contributed by atoms with van der Waals surface area (Å²) in [6.07, 6.45) is -2.12. The van der Waals surface area contributed by atoms with Crippen LogP contribution in [0.5, 0.6) is 0 Å². The SMILES string of the molecule is COC(=O)NC(=O)[C@H](C)OC(=O)c1cc(Cl)nc2ccccc12. The van der Waals surface area contributed by atoms with Crippen molar-refractivity contribution in [1.82, 2.24) is 10.3 Å². The summed E-state index contributed by atoms with van der Waals surface area (Å²) in [4.78, 5) is 39.0. The van der Waals surface area contributed by atoms with Crippen molar-refractivity contribution in [3.05, 3.63) is 41.0 Å². The first kappa shape index (κ1) is 16.7. The van der Waals surface area contributed by atoms with Crippen LogP contribution in [-0.2, 0) is 14.3 Å². The number of carbonyl (C=O) groups excluding carboxylic acids is 3. The van der Waals surface area contributed by atoms with Gasteiger partial charge < -0.3 is 9.47 Å². The van der Waals surface area contributed by atoms with Crippen LogP contribution in [0.15, 0.2) is 30.3 Å². The number of imide groups is 1. The third-order valence-electron chi connectivity index (χ3n) is 2.97. The summed E-state index contributed by atoms with van der Waals surface area (Å²) in [6, 6.07) is 8.24. The maximum absolute atomic E-state index is 12.3. The number of pyridine rings is 1. The summed E-state index contributed by atoms with van der Waals surface area (Å²) in [5, 5.41) is 2.59. The number of ether oxygens (including phenoxy) is 2. The van der Waals surface area contributed by atoms with Gasteiger partial charge in [-0.15, -0.1) is 0 Å². The average molecular weight is 337 g/mol. The topological polar surface area (TPSA) is 94.6 Å². The summed E-state index contributed by atoms with van der Waals surface area (Å²) in [5.41, 5.74) is 0.705. The Bertz CT molecular complexity index is 778. The number of benzene rings is 1. The predicted molar refractivity (Wildman–Crippen MR) is 82.2 cm³/mol. The molecule has 0 spiro atoms. The van der Waals surface area contributed by atoms with Gasteiger partial charge in [0.05, 0.1) is 18.2 Å². The number of amides is 2. The highest BCUT2D eigenvalue weighted by Gasteiger charge is 2.22. The van der Waals surface area contributed by atoms with E-state index in [-0.39, 0.29) is 10.7 Å². The van der Waals surface area contributed by atoms with Gasteiger partial charge in [-0.2, -0.15) is 0 Å². The number of hydrogen-bond donors (Lipinski definition) is 1. The second-order valence-corrected chi connectivity index (χ2v) is 4.93. The molecular weight excluding hydrogens is 324 g/mol. The Morgan fingerprint density at radius 2 is 1.96 bits per heavy atom. The minimum atomic E-state index is -1.19. The molecule has 0 unspecified atom stereocenters. The zero-order valence-corrected chi connectivity index (χ0v) is 13.1. The van der Waals surface area contributed by atoms with Crippen molar-refractivity contribution in [1.29, 1.82) is 0 Å². The molecule has 1 aromatic heterocycles. The van der Waals surface area contributed by atoms with Gasteiger partial charge in [-0.25, -0.2) is 14.6 Å². The van der Waals surface area contributed by atoms with Crippen LogP contribution < -0.4 is 5.32 Å². The molecule has 23 heavy (non-hydrogen) atoms. The van der Waals surface area contributed by atoms with Crippen molar-refractivity contribution in [2.45, 2.75) is 13.0 Å². The van der Waals surface area contributed by atoms with Crippen LogP contribution in [0.4, 0.5) is 4.79 Å². The van der Waals surface area contributed by atoms with Crippen LogP contribution in [0.3, 0.4) is 0 Å². The van der Waals surface area contributed by atoms with Gasteiger partial charge in [0.1, 0.15) is 5.15 Å². The number of aromatic nitrogens is 1. The normalized spacial score (nSPS) is 11.6. The number of hydrogen-bond acceptors (Lipinski definition) is 6. The first-order valence-corrected chi connectivity index (χ1v) is 6.95. The van der Waals surface area contributed by atoms with E-state index in [4.69, 9.17) is 16.3 Å². The number of carbonyl (C=O) groups is 3. The van der Waals surface area contributed by atoms with Crippen molar-refractivity contribution in [3.63, 3.8) is 0 Å². The van der Waals surface area contributed by atoms with E-state index in [1.54, 1.807) is 24.3 Å². The quantitative estimate of drug-likeness (QED) is 0.682. The third-order valence-corrected chi connectivity index (χ3v) is 3.16. The van der Waals surface area contributed by atoms with Gasteiger partial charge in [-0.05, 0) is 19.1 Å². The lowest BCUT2D eigenvalue weighted by Gasteiger charge is -2.13.